The van der Waals surface area contributed by atoms with E-state index in [1.54, 1.807) is 6.08 Å². The number of nitrogens with one attached hydrogen (secondary N) is 1. The second-order valence-corrected chi connectivity index (χ2v) is 6.18. The van der Waals surface area contributed by atoms with Gasteiger partial charge in [0, 0.05) is 30.9 Å². The number of hydrogen-bond donors (Lipinski definition) is 1. The van der Waals surface area contributed by atoms with Gasteiger partial charge in [0.05, 0.1) is 11.7 Å². The van der Waals surface area contributed by atoms with Crippen LogP contribution in [0.25, 0.3) is 6.08 Å². The summed E-state index contributed by atoms with van der Waals surface area (Å²) in [7, 11) is 5.94. The van der Waals surface area contributed by atoms with E-state index in [4.69, 9.17) is 0 Å². The Morgan fingerprint density at radius 2 is 1.96 bits per heavy atom. The number of aromatic nitrogens is 2. The fourth-order valence-electron chi connectivity index (χ4n) is 2.72. The lowest BCUT2D eigenvalue weighted by Crippen LogP contribution is -2.33. The second-order valence-electron chi connectivity index (χ2n) is 6.18. The number of likely N-dealkylation sites (N-methyl/N-ethyl adjacent to an activating group) is 1. The highest BCUT2D eigenvalue weighted by Gasteiger charge is 2.14. The van der Waals surface area contributed by atoms with Crippen LogP contribution in [0.2, 0.25) is 0 Å². The molecule has 2 aromatic rings. The molecule has 0 saturated carbocycles. The largest absolute Gasteiger partial charge is 0.351 e. The van der Waals surface area contributed by atoms with Crippen LogP contribution in [0, 0.1) is 13.8 Å². The fourth-order valence-corrected chi connectivity index (χ4v) is 2.72. The van der Waals surface area contributed by atoms with Crippen molar-refractivity contribution in [1.29, 1.82) is 0 Å². The lowest BCUT2D eigenvalue weighted by molar-refractivity contribution is -0.116. The Hall–Kier alpha value is -2.40. The number of nitrogens with zero attached hydrogens (tertiary/aromatic N) is 3. The molecule has 1 atom stereocenters. The Morgan fingerprint density at radius 3 is 2.50 bits per heavy atom. The summed E-state index contributed by atoms with van der Waals surface area (Å²) in [6, 6.07) is 10.3. The van der Waals surface area contributed by atoms with E-state index in [9.17, 15) is 4.79 Å². The molecule has 0 radical (unpaired) electrons. The number of aryl methyl sites for hydroxylation is 2. The van der Waals surface area contributed by atoms with Crippen molar-refractivity contribution in [2.24, 2.45) is 7.05 Å². The van der Waals surface area contributed by atoms with Crippen LogP contribution in [-0.4, -0.2) is 41.2 Å². The summed E-state index contributed by atoms with van der Waals surface area (Å²) in [5.41, 5.74) is 4.16. The highest BCUT2D eigenvalue weighted by Crippen LogP contribution is 2.17. The molecule has 0 aliphatic rings. The average Bonchev–Trinajstić information content (AvgIpc) is 2.79. The van der Waals surface area contributed by atoms with Crippen molar-refractivity contribution in [2.75, 3.05) is 20.6 Å². The maximum absolute atomic E-state index is 12.2. The first-order valence-corrected chi connectivity index (χ1v) is 8.07. The molecule has 0 aliphatic carbocycles. The minimum absolute atomic E-state index is 0.0968. The summed E-state index contributed by atoms with van der Waals surface area (Å²) in [4.78, 5) is 14.3. The van der Waals surface area contributed by atoms with Crippen LogP contribution in [0.15, 0.2) is 36.4 Å². The maximum atomic E-state index is 12.2. The van der Waals surface area contributed by atoms with E-state index < -0.39 is 0 Å². The molecule has 128 valence electrons. The lowest BCUT2D eigenvalue weighted by Gasteiger charge is -2.24. The van der Waals surface area contributed by atoms with Crippen LogP contribution in [0.3, 0.4) is 0 Å². The molecular weight excluding hydrogens is 300 g/mol. The summed E-state index contributed by atoms with van der Waals surface area (Å²) in [6.07, 6.45) is 3.41. The molecule has 1 amide bonds. The van der Waals surface area contributed by atoms with E-state index in [1.165, 1.54) is 5.56 Å². The third-order valence-electron chi connectivity index (χ3n) is 4.24. The van der Waals surface area contributed by atoms with Gasteiger partial charge in [-0.15, -0.1) is 0 Å². The highest BCUT2D eigenvalue weighted by molar-refractivity contribution is 5.92. The topological polar surface area (TPSA) is 50.2 Å². The minimum atomic E-state index is -0.0968. The quantitative estimate of drug-likeness (QED) is 0.830. The van der Waals surface area contributed by atoms with Gasteiger partial charge in [-0.2, -0.15) is 5.10 Å². The number of carbonyl (C=O) groups excluding carboxylic acids is 1. The molecule has 0 saturated heterocycles. The van der Waals surface area contributed by atoms with E-state index in [0.29, 0.717) is 6.54 Å². The van der Waals surface area contributed by atoms with E-state index >= 15 is 0 Å². The summed E-state index contributed by atoms with van der Waals surface area (Å²) in [6.45, 7) is 4.50. The molecule has 5 nitrogen and oxygen atoms in total. The summed E-state index contributed by atoms with van der Waals surface area (Å²) < 4.78 is 1.82. The predicted octanol–water partition coefficient (Wildman–Crippen LogP) is 2.47. The highest BCUT2D eigenvalue weighted by atomic mass is 16.1. The Kier molecular flexibility index (Phi) is 5.93. The third-order valence-corrected chi connectivity index (χ3v) is 4.24. The molecule has 2 rings (SSSR count). The van der Waals surface area contributed by atoms with E-state index in [-0.39, 0.29) is 11.9 Å². The van der Waals surface area contributed by atoms with Crippen LogP contribution < -0.4 is 5.32 Å². The fraction of sp³-hybridized carbons (Fsp3) is 0.368. The normalized spacial score (nSPS) is 12.8. The van der Waals surface area contributed by atoms with Crippen molar-refractivity contribution >= 4 is 12.0 Å². The molecule has 0 bridgehead atoms. The summed E-state index contributed by atoms with van der Waals surface area (Å²) >= 11 is 0. The zero-order chi connectivity index (χ0) is 17.7. The Morgan fingerprint density at radius 1 is 1.29 bits per heavy atom. The maximum Gasteiger partial charge on any atom is 0.244 e. The molecule has 1 unspecified atom stereocenters. The van der Waals surface area contributed by atoms with Gasteiger partial charge >= 0.3 is 0 Å². The first kappa shape index (κ1) is 17.9. The molecule has 5 heteroatoms. The summed E-state index contributed by atoms with van der Waals surface area (Å²) in [5.74, 6) is -0.0968. The first-order chi connectivity index (χ1) is 11.4. The molecule has 1 aromatic carbocycles. The van der Waals surface area contributed by atoms with Crippen LogP contribution in [0.4, 0.5) is 0 Å². The van der Waals surface area contributed by atoms with Gasteiger partial charge in [-0.3, -0.25) is 9.48 Å². The molecule has 0 aliphatic heterocycles. The molecule has 24 heavy (non-hydrogen) atoms. The average molecular weight is 326 g/mol. The lowest BCUT2D eigenvalue weighted by atomic mass is 10.1. The van der Waals surface area contributed by atoms with Gasteiger partial charge in [0.2, 0.25) is 5.91 Å². The van der Waals surface area contributed by atoms with Crippen molar-refractivity contribution < 1.29 is 4.79 Å². The summed E-state index contributed by atoms with van der Waals surface area (Å²) in [5, 5.41) is 7.34. The van der Waals surface area contributed by atoms with Gasteiger partial charge in [-0.25, -0.2) is 0 Å². The van der Waals surface area contributed by atoms with E-state index in [1.807, 2.05) is 63.9 Å². The van der Waals surface area contributed by atoms with E-state index in [0.717, 1.165) is 17.0 Å². The number of carbonyl (C=O) groups is 1. The number of benzene rings is 1. The van der Waals surface area contributed by atoms with Crippen LogP contribution >= 0.6 is 0 Å². The van der Waals surface area contributed by atoms with Crippen molar-refractivity contribution in [2.45, 2.75) is 19.9 Å². The molecular formula is C19H26N4O. The zero-order valence-corrected chi connectivity index (χ0v) is 15.1. The monoisotopic (exact) mass is 326 g/mol. The second kappa shape index (κ2) is 7.93. The van der Waals surface area contributed by atoms with Crippen molar-refractivity contribution in [3.63, 3.8) is 0 Å². The van der Waals surface area contributed by atoms with Gasteiger partial charge in [0.15, 0.2) is 0 Å². The van der Waals surface area contributed by atoms with E-state index in [2.05, 4.69) is 27.4 Å². The number of rotatable bonds is 6. The molecule has 0 fully saturated rings. The van der Waals surface area contributed by atoms with Gasteiger partial charge in [-0.1, -0.05) is 30.3 Å². The Labute approximate surface area is 144 Å². The number of amides is 1. The van der Waals surface area contributed by atoms with Gasteiger partial charge in [-0.05, 0) is 39.6 Å². The van der Waals surface area contributed by atoms with Gasteiger partial charge in [0.1, 0.15) is 0 Å². The van der Waals surface area contributed by atoms with Crippen LogP contribution in [0.5, 0.6) is 0 Å². The molecule has 1 heterocycles. The van der Waals surface area contributed by atoms with Gasteiger partial charge in [0.25, 0.3) is 0 Å². The van der Waals surface area contributed by atoms with Crippen LogP contribution in [-0.2, 0) is 11.8 Å². The predicted molar refractivity (Wildman–Crippen MR) is 97.6 cm³/mol. The van der Waals surface area contributed by atoms with Crippen molar-refractivity contribution in [3.05, 3.63) is 58.9 Å². The minimum Gasteiger partial charge on any atom is -0.351 e. The molecule has 1 aromatic heterocycles. The number of hydrogen-bond acceptors (Lipinski definition) is 3. The third kappa shape index (κ3) is 4.32. The van der Waals surface area contributed by atoms with Gasteiger partial charge < -0.3 is 10.2 Å². The molecule has 1 N–H and O–H groups in total. The van der Waals surface area contributed by atoms with Crippen molar-refractivity contribution in [3.8, 4) is 0 Å². The standard InChI is InChI=1S/C19H26N4O/c1-14-17(15(2)23(5)21-14)11-12-19(24)20-13-18(22(3)4)16-9-7-6-8-10-16/h6-12,18H,13H2,1-5H3,(H,20,24)/b12-11+. The van der Waals surface area contributed by atoms with Crippen LogP contribution in [0.1, 0.15) is 28.6 Å². The SMILES string of the molecule is Cc1nn(C)c(C)c1/C=C/C(=O)NCC(c1ccccc1)N(C)C. The smallest absolute Gasteiger partial charge is 0.244 e. The van der Waals surface area contributed by atoms with Crippen molar-refractivity contribution in [1.82, 2.24) is 20.0 Å². The molecule has 0 spiro atoms. The zero-order valence-electron chi connectivity index (χ0n) is 15.1. The Balaban J connectivity index is 2.00. The first-order valence-electron chi connectivity index (χ1n) is 8.07. The Bertz CT molecular complexity index is 716.